The van der Waals surface area contributed by atoms with Crippen molar-refractivity contribution in [1.29, 1.82) is 0 Å². The number of unbranched alkanes of at least 4 members (excludes halogenated alkanes) is 3. The number of halogens is 2. The number of aliphatic imine (C=N–C) groups is 1. The SMILES string of the molecule is CCCCCC#Cc1ccc(C#Cc2cc3sc(-c4cc(F)c(N=C=S)c(F)c4)cc3s2)c(C)c1. The Morgan fingerprint density at radius 3 is 2.37 bits per heavy atom. The van der Waals surface area contributed by atoms with Crippen LogP contribution in [-0.4, -0.2) is 5.16 Å². The molecule has 6 heteroatoms. The van der Waals surface area contributed by atoms with E-state index in [2.05, 4.69) is 53.9 Å². The Balaban J connectivity index is 1.51. The molecule has 0 radical (unpaired) electrons. The molecule has 2 heterocycles. The minimum Gasteiger partial charge on any atom is -0.204 e. The molecule has 2 aromatic carbocycles. The van der Waals surface area contributed by atoms with Gasteiger partial charge in [0.1, 0.15) is 5.69 Å². The van der Waals surface area contributed by atoms with Crippen LogP contribution in [0.4, 0.5) is 14.5 Å². The molecule has 4 aromatic rings. The molecule has 0 N–H and O–H groups in total. The maximum atomic E-state index is 14.2. The monoisotopic (exact) mass is 517 g/mol. The van der Waals surface area contributed by atoms with Gasteiger partial charge in [0.15, 0.2) is 11.6 Å². The predicted molar refractivity (Wildman–Crippen MR) is 148 cm³/mol. The highest BCUT2D eigenvalue weighted by molar-refractivity contribution is 7.78. The zero-order valence-electron chi connectivity index (χ0n) is 19.3. The minimum atomic E-state index is -0.760. The summed E-state index contributed by atoms with van der Waals surface area (Å²) in [4.78, 5) is 5.19. The van der Waals surface area contributed by atoms with Crippen LogP contribution in [0.25, 0.3) is 19.8 Å². The van der Waals surface area contributed by atoms with Gasteiger partial charge in [-0.3, -0.25) is 0 Å². The molecular weight excluding hydrogens is 497 g/mol. The number of fused-ring (bicyclic) bond motifs is 1. The van der Waals surface area contributed by atoms with Crippen LogP contribution in [0.5, 0.6) is 0 Å². The molecule has 174 valence electrons. The number of hydrogen-bond donors (Lipinski definition) is 0. The van der Waals surface area contributed by atoms with Crippen molar-refractivity contribution < 1.29 is 8.78 Å². The fraction of sp³-hybridized carbons (Fsp3) is 0.207. The highest BCUT2D eigenvalue weighted by Gasteiger charge is 2.14. The summed E-state index contributed by atoms with van der Waals surface area (Å²) in [5, 5.41) is 2.01. The standard InChI is InChI=1S/C29H21F2NS3/c1-3-4-5-6-7-8-20-9-10-21(19(2)13-20)11-12-23-16-27-28(34-23)17-26(35-27)22-14-24(30)29(32-18-33)25(31)15-22/h9-10,13-17H,3-6H2,1-2H3. The van der Waals surface area contributed by atoms with Crippen LogP contribution < -0.4 is 0 Å². The Morgan fingerprint density at radius 2 is 1.69 bits per heavy atom. The zero-order chi connectivity index (χ0) is 24.8. The Hall–Kier alpha value is -3.12. The maximum Gasteiger partial charge on any atom is 0.153 e. The lowest BCUT2D eigenvalue weighted by atomic mass is 10.1. The Kier molecular flexibility index (Phi) is 8.24. The number of thiophene rings is 2. The van der Waals surface area contributed by atoms with Crippen LogP contribution in [0.1, 0.15) is 54.2 Å². The lowest BCUT2D eigenvalue weighted by Gasteiger charge is -2.02. The molecule has 2 aromatic heterocycles. The van der Waals surface area contributed by atoms with Gasteiger partial charge in [0.25, 0.3) is 0 Å². The normalized spacial score (nSPS) is 10.3. The molecule has 1 nitrogen and oxygen atoms in total. The van der Waals surface area contributed by atoms with E-state index in [-0.39, 0.29) is 0 Å². The summed E-state index contributed by atoms with van der Waals surface area (Å²) < 4.78 is 30.5. The highest BCUT2D eigenvalue weighted by atomic mass is 32.1. The van der Waals surface area contributed by atoms with E-state index in [1.54, 1.807) is 11.3 Å². The van der Waals surface area contributed by atoms with E-state index >= 15 is 0 Å². The van der Waals surface area contributed by atoms with E-state index in [1.807, 2.05) is 36.4 Å². The molecule has 0 bridgehead atoms. The van der Waals surface area contributed by atoms with E-state index in [0.29, 0.717) is 5.56 Å². The van der Waals surface area contributed by atoms with Gasteiger partial charge in [-0.05, 0) is 79.2 Å². The Bertz CT molecular complexity index is 1510. The Morgan fingerprint density at radius 1 is 0.914 bits per heavy atom. The first-order valence-corrected chi connectivity index (χ1v) is 13.2. The predicted octanol–water partition coefficient (Wildman–Crippen LogP) is 9.28. The molecule has 0 aliphatic heterocycles. The van der Waals surface area contributed by atoms with Crippen molar-refractivity contribution in [2.45, 2.75) is 39.5 Å². The Labute approximate surface area is 217 Å². The second kappa shape index (κ2) is 11.5. The highest BCUT2D eigenvalue weighted by Crippen LogP contribution is 2.39. The summed E-state index contributed by atoms with van der Waals surface area (Å²) in [5.41, 5.74) is 3.15. The maximum absolute atomic E-state index is 14.2. The number of aryl methyl sites for hydroxylation is 1. The van der Waals surface area contributed by atoms with Gasteiger partial charge < -0.3 is 0 Å². The molecule has 0 saturated heterocycles. The van der Waals surface area contributed by atoms with E-state index in [4.69, 9.17) is 0 Å². The van der Waals surface area contributed by atoms with Crippen LogP contribution in [-0.2, 0) is 0 Å². The van der Waals surface area contributed by atoms with Gasteiger partial charge in [-0.25, -0.2) is 8.78 Å². The second-order valence-electron chi connectivity index (χ2n) is 7.98. The summed E-state index contributed by atoms with van der Waals surface area (Å²) in [6.45, 7) is 4.24. The van der Waals surface area contributed by atoms with Gasteiger partial charge in [0, 0.05) is 31.8 Å². The van der Waals surface area contributed by atoms with E-state index in [9.17, 15) is 8.78 Å². The van der Waals surface area contributed by atoms with Gasteiger partial charge in [-0.2, -0.15) is 4.99 Å². The van der Waals surface area contributed by atoms with E-state index in [0.717, 1.165) is 48.7 Å². The van der Waals surface area contributed by atoms with Crippen molar-refractivity contribution in [2.75, 3.05) is 0 Å². The lowest BCUT2D eigenvalue weighted by molar-refractivity contribution is 0.588. The first kappa shape index (κ1) is 25.0. The van der Waals surface area contributed by atoms with Crippen LogP contribution in [0, 0.1) is 42.2 Å². The number of hydrogen-bond acceptors (Lipinski definition) is 4. The summed E-state index contributed by atoms with van der Waals surface area (Å²) >= 11 is 7.49. The molecule has 0 amide bonds. The molecule has 35 heavy (non-hydrogen) atoms. The molecule has 0 saturated carbocycles. The van der Waals surface area contributed by atoms with Crippen molar-refractivity contribution >= 4 is 55.1 Å². The van der Waals surface area contributed by atoms with Gasteiger partial charge in [-0.15, -0.1) is 22.7 Å². The second-order valence-corrected chi connectivity index (χ2v) is 10.3. The number of isothiocyanates is 1. The third-order valence-electron chi connectivity index (χ3n) is 5.35. The molecular formula is C29H21F2NS3. The molecule has 0 atom stereocenters. The first-order valence-electron chi connectivity index (χ1n) is 11.2. The topological polar surface area (TPSA) is 12.4 Å². The molecule has 0 aliphatic carbocycles. The summed E-state index contributed by atoms with van der Waals surface area (Å²) in [6.07, 6.45) is 4.51. The van der Waals surface area contributed by atoms with Crippen molar-refractivity contribution in [1.82, 2.24) is 0 Å². The van der Waals surface area contributed by atoms with Crippen LogP contribution >= 0.6 is 34.9 Å². The average Bonchev–Trinajstić information content (AvgIpc) is 3.40. The van der Waals surface area contributed by atoms with Crippen molar-refractivity contribution in [3.8, 4) is 34.1 Å². The molecule has 0 unspecified atom stereocenters. The average molecular weight is 518 g/mol. The minimum absolute atomic E-state index is 0.415. The molecule has 0 aliphatic rings. The summed E-state index contributed by atoms with van der Waals surface area (Å²) in [6, 6.07) is 12.6. The van der Waals surface area contributed by atoms with E-state index < -0.39 is 17.3 Å². The number of nitrogens with zero attached hydrogens (tertiary/aromatic N) is 1. The molecule has 4 rings (SSSR count). The smallest absolute Gasteiger partial charge is 0.153 e. The number of benzene rings is 2. The van der Waals surface area contributed by atoms with Crippen molar-refractivity contribution in [3.63, 3.8) is 0 Å². The molecule has 0 fully saturated rings. The van der Waals surface area contributed by atoms with Crippen molar-refractivity contribution in [3.05, 3.63) is 75.7 Å². The van der Waals surface area contributed by atoms with Gasteiger partial charge >= 0.3 is 0 Å². The third-order valence-corrected chi connectivity index (χ3v) is 7.70. The number of thiocarbonyl (C=S) groups is 1. The van der Waals surface area contributed by atoms with Crippen LogP contribution in [0.15, 0.2) is 47.5 Å². The first-order chi connectivity index (χ1) is 17.0. The van der Waals surface area contributed by atoms with Gasteiger partial charge in [0.05, 0.1) is 10.0 Å². The summed E-state index contributed by atoms with van der Waals surface area (Å²) in [7, 11) is 0. The van der Waals surface area contributed by atoms with Gasteiger partial charge in [-0.1, -0.05) is 43.4 Å². The van der Waals surface area contributed by atoms with E-state index in [1.165, 1.54) is 36.3 Å². The van der Waals surface area contributed by atoms with Crippen LogP contribution in [0.3, 0.4) is 0 Å². The van der Waals surface area contributed by atoms with Crippen molar-refractivity contribution in [2.24, 2.45) is 4.99 Å². The van der Waals surface area contributed by atoms with Gasteiger partial charge in [0.2, 0.25) is 0 Å². The lowest BCUT2D eigenvalue weighted by Crippen LogP contribution is -1.85. The fourth-order valence-electron chi connectivity index (χ4n) is 3.54. The molecule has 0 spiro atoms. The third kappa shape index (κ3) is 6.12. The largest absolute Gasteiger partial charge is 0.204 e. The summed E-state index contributed by atoms with van der Waals surface area (Å²) in [5.74, 6) is 11.5. The number of rotatable bonds is 5. The van der Waals surface area contributed by atoms with Crippen LogP contribution in [0.2, 0.25) is 0 Å². The quantitative estimate of drug-likeness (QED) is 0.111. The zero-order valence-corrected chi connectivity index (χ0v) is 21.7. The fourth-order valence-corrected chi connectivity index (χ4v) is 5.87.